The largest absolute Gasteiger partial charge is 0.493 e. The summed E-state index contributed by atoms with van der Waals surface area (Å²) in [6, 6.07) is 15.5. The van der Waals surface area contributed by atoms with Crippen LogP contribution in [0.2, 0.25) is 10.0 Å². The summed E-state index contributed by atoms with van der Waals surface area (Å²) >= 11 is 12.4. The maximum atomic E-state index is 12.6. The molecule has 2 N–H and O–H groups in total. The number of carbonyl (C=O) groups is 2. The Kier molecular flexibility index (Phi) is 8.98. The first-order valence-corrected chi connectivity index (χ1v) is 12.5. The summed E-state index contributed by atoms with van der Waals surface area (Å²) in [7, 11) is 0. The first-order chi connectivity index (χ1) is 18.6. The van der Waals surface area contributed by atoms with Crippen molar-refractivity contribution < 1.29 is 32.2 Å². The topological polar surface area (TPSA) is 93.3 Å². The third-order valence-corrected chi connectivity index (χ3v) is 6.33. The molecule has 0 radical (unpaired) electrons. The summed E-state index contributed by atoms with van der Waals surface area (Å²) < 4.78 is 47.8. The molecule has 39 heavy (non-hydrogen) atoms. The van der Waals surface area contributed by atoms with E-state index < -0.39 is 30.5 Å². The Morgan fingerprint density at radius 2 is 1.87 bits per heavy atom. The summed E-state index contributed by atoms with van der Waals surface area (Å²) in [5.74, 6) is -3.38. The third-order valence-electron chi connectivity index (χ3n) is 5.77. The van der Waals surface area contributed by atoms with Crippen LogP contribution >= 0.6 is 23.2 Å². The Hall–Kier alpha value is -3.76. The lowest BCUT2D eigenvalue weighted by atomic mass is 9.88. The van der Waals surface area contributed by atoms with E-state index in [0.717, 1.165) is 12.2 Å². The van der Waals surface area contributed by atoms with E-state index in [2.05, 4.69) is 20.0 Å². The van der Waals surface area contributed by atoms with Crippen LogP contribution in [0.3, 0.4) is 0 Å². The van der Waals surface area contributed by atoms with Gasteiger partial charge in [-0.05, 0) is 53.9 Å². The Bertz CT molecular complexity index is 1460. The highest BCUT2D eigenvalue weighted by atomic mass is 35.5. The van der Waals surface area contributed by atoms with Crippen molar-refractivity contribution in [3.8, 4) is 5.75 Å². The normalized spacial score (nSPS) is 12.2. The lowest BCUT2D eigenvalue weighted by Gasteiger charge is -2.18. The number of aromatic nitrogens is 2. The number of hydrogen-bond acceptors (Lipinski definition) is 6. The SMILES string of the molecule is O=C(CC(c1ccc(Cl)cc1Cl)c1c[nH]c2cc(OCCCNc3ccccn3)ccc12)OC(=O)C(F)(F)F. The highest BCUT2D eigenvalue weighted by molar-refractivity contribution is 6.35. The summed E-state index contributed by atoms with van der Waals surface area (Å²) in [4.78, 5) is 30.9. The van der Waals surface area contributed by atoms with Gasteiger partial charge < -0.3 is 19.8 Å². The monoisotopic (exact) mass is 579 g/mol. The zero-order valence-corrected chi connectivity index (χ0v) is 21.7. The molecule has 0 saturated heterocycles. The molecular weight excluding hydrogens is 558 g/mol. The van der Waals surface area contributed by atoms with E-state index >= 15 is 0 Å². The fraction of sp³-hybridized carbons (Fsp3) is 0.222. The molecule has 0 saturated carbocycles. The predicted molar refractivity (Wildman–Crippen MR) is 141 cm³/mol. The number of alkyl halides is 3. The second-order valence-electron chi connectivity index (χ2n) is 8.48. The van der Waals surface area contributed by atoms with Gasteiger partial charge in [-0.25, -0.2) is 9.78 Å². The molecule has 204 valence electrons. The van der Waals surface area contributed by atoms with Crippen molar-refractivity contribution in [2.45, 2.75) is 24.9 Å². The fourth-order valence-electron chi connectivity index (χ4n) is 3.99. The molecule has 0 aliphatic rings. The lowest BCUT2D eigenvalue weighted by molar-refractivity contribution is -0.201. The maximum absolute atomic E-state index is 12.6. The molecule has 0 fully saturated rings. The molecule has 0 spiro atoms. The van der Waals surface area contributed by atoms with Crippen molar-refractivity contribution in [1.29, 1.82) is 0 Å². The highest BCUT2D eigenvalue weighted by Gasteiger charge is 2.42. The summed E-state index contributed by atoms with van der Waals surface area (Å²) in [6.45, 7) is 1.11. The van der Waals surface area contributed by atoms with E-state index in [9.17, 15) is 22.8 Å². The number of esters is 2. The van der Waals surface area contributed by atoms with Gasteiger partial charge in [-0.3, -0.25) is 4.79 Å². The van der Waals surface area contributed by atoms with Crippen LogP contribution in [0.4, 0.5) is 19.0 Å². The average molecular weight is 580 g/mol. The Morgan fingerprint density at radius 3 is 2.59 bits per heavy atom. The molecule has 0 bridgehead atoms. The van der Waals surface area contributed by atoms with Crippen LogP contribution in [0.25, 0.3) is 10.9 Å². The van der Waals surface area contributed by atoms with E-state index in [1.165, 1.54) is 6.07 Å². The van der Waals surface area contributed by atoms with Gasteiger partial charge in [0.05, 0.1) is 13.0 Å². The number of carbonyl (C=O) groups excluding carboxylic acids is 2. The molecule has 2 aromatic heterocycles. The van der Waals surface area contributed by atoms with Crippen LogP contribution in [0, 0.1) is 0 Å². The maximum Gasteiger partial charge on any atom is 0.491 e. The van der Waals surface area contributed by atoms with Gasteiger partial charge >= 0.3 is 18.1 Å². The number of hydrogen-bond donors (Lipinski definition) is 2. The molecule has 2 aromatic carbocycles. The number of fused-ring (bicyclic) bond motifs is 1. The van der Waals surface area contributed by atoms with Crippen LogP contribution < -0.4 is 10.1 Å². The Labute approximate surface area is 231 Å². The molecule has 0 aliphatic carbocycles. The molecule has 4 rings (SSSR count). The molecule has 1 unspecified atom stereocenters. The number of pyridine rings is 1. The molecule has 0 amide bonds. The number of aromatic amines is 1. The smallest absolute Gasteiger partial charge is 0.491 e. The highest BCUT2D eigenvalue weighted by Crippen LogP contribution is 2.39. The van der Waals surface area contributed by atoms with Gasteiger partial charge in [0, 0.05) is 51.9 Å². The number of nitrogens with zero attached hydrogens (tertiary/aromatic N) is 1. The molecule has 0 aliphatic heterocycles. The molecular formula is C27H22Cl2F3N3O4. The van der Waals surface area contributed by atoms with Gasteiger partial charge in [-0.15, -0.1) is 0 Å². The zero-order chi connectivity index (χ0) is 28.0. The van der Waals surface area contributed by atoms with Crippen molar-refractivity contribution >= 4 is 51.9 Å². The summed E-state index contributed by atoms with van der Waals surface area (Å²) in [6.07, 6.45) is -1.82. The van der Waals surface area contributed by atoms with E-state index in [1.807, 2.05) is 18.2 Å². The average Bonchev–Trinajstić information content (AvgIpc) is 3.30. The van der Waals surface area contributed by atoms with Gasteiger partial charge in [0.15, 0.2) is 0 Å². The Morgan fingerprint density at radius 1 is 1.05 bits per heavy atom. The van der Waals surface area contributed by atoms with E-state index in [4.69, 9.17) is 27.9 Å². The minimum absolute atomic E-state index is 0.205. The van der Waals surface area contributed by atoms with Crippen molar-refractivity contribution in [3.05, 3.63) is 88.2 Å². The number of benzene rings is 2. The fourth-order valence-corrected chi connectivity index (χ4v) is 4.53. The Balaban J connectivity index is 1.50. The van der Waals surface area contributed by atoms with E-state index in [1.54, 1.807) is 42.7 Å². The number of halogens is 5. The second kappa shape index (κ2) is 12.4. The summed E-state index contributed by atoms with van der Waals surface area (Å²) in [5, 5.41) is 4.43. The predicted octanol–water partition coefficient (Wildman–Crippen LogP) is 6.90. The van der Waals surface area contributed by atoms with Crippen molar-refractivity contribution in [2.75, 3.05) is 18.5 Å². The van der Waals surface area contributed by atoms with Crippen molar-refractivity contribution in [1.82, 2.24) is 9.97 Å². The second-order valence-corrected chi connectivity index (χ2v) is 9.32. The number of H-pyrrole nitrogens is 1. The molecule has 2 heterocycles. The number of rotatable bonds is 10. The molecule has 4 aromatic rings. The van der Waals surface area contributed by atoms with Crippen LogP contribution in [-0.2, 0) is 14.3 Å². The van der Waals surface area contributed by atoms with E-state index in [-0.39, 0.29) is 5.02 Å². The number of ether oxygens (including phenoxy) is 2. The number of nitrogens with one attached hydrogen (secondary N) is 2. The first kappa shape index (κ1) is 28.3. The molecule has 7 nitrogen and oxygen atoms in total. The van der Waals surface area contributed by atoms with Gasteiger partial charge in [-0.2, -0.15) is 13.2 Å². The van der Waals surface area contributed by atoms with Gasteiger partial charge in [0.2, 0.25) is 0 Å². The number of anilines is 1. The molecule has 12 heteroatoms. The van der Waals surface area contributed by atoms with Gasteiger partial charge in [-0.1, -0.05) is 35.3 Å². The van der Waals surface area contributed by atoms with Crippen molar-refractivity contribution in [2.24, 2.45) is 0 Å². The quantitative estimate of drug-likeness (QED) is 0.120. The lowest BCUT2D eigenvalue weighted by Crippen LogP contribution is -2.28. The summed E-state index contributed by atoms with van der Waals surface area (Å²) in [5.41, 5.74) is 1.67. The molecule has 1 atom stereocenters. The van der Waals surface area contributed by atoms with Gasteiger partial charge in [0.1, 0.15) is 11.6 Å². The third kappa shape index (κ3) is 7.42. The van der Waals surface area contributed by atoms with Crippen molar-refractivity contribution in [3.63, 3.8) is 0 Å². The van der Waals surface area contributed by atoms with Crippen LogP contribution in [-0.4, -0.2) is 41.2 Å². The van der Waals surface area contributed by atoms with Crippen LogP contribution in [0.5, 0.6) is 5.75 Å². The van der Waals surface area contributed by atoms with Crippen LogP contribution in [0.15, 0.2) is 67.0 Å². The van der Waals surface area contributed by atoms with Gasteiger partial charge in [0.25, 0.3) is 0 Å². The zero-order valence-electron chi connectivity index (χ0n) is 20.2. The first-order valence-electron chi connectivity index (χ1n) is 11.8. The minimum atomic E-state index is -5.30. The standard InChI is InChI=1S/C27H22Cl2F3N3O4/c28-16-5-7-18(22(29)12-16)20(14-25(36)39-26(37)27(30,31)32)21-15-35-23-13-17(6-8-19(21)23)38-11-3-10-34-24-4-1-2-9-33-24/h1-2,4-9,12-13,15,20,35H,3,10-11,14H2,(H,33,34). The van der Waals surface area contributed by atoms with Crippen LogP contribution in [0.1, 0.15) is 29.9 Å². The minimum Gasteiger partial charge on any atom is -0.493 e. The van der Waals surface area contributed by atoms with E-state index in [0.29, 0.717) is 46.0 Å².